The third kappa shape index (κ3) is 6.56. The van der Waals surface area contributed by atoms with Crippen LogP contribution in [0.3, 0.4) is 0 Å². The number of aromatic amines is 1. The van der Waals surface area contributed by atoms with Crippen LogP contribution in [0.25, 0.3) is 0 Å². The van der Waals surface area contributed by atoms with Gasteiger partial charge in [-0.2, -0.15) is 0 Å². The van der Waals surface area contributed by atoms with Gasteiger partial charge >= 0.3 is 5.97 Å². The molecule has 1 aromatic rings. The van der Waals surface area contributed by atoms with Crippen LogP contribution in [0.2, 0.25) is 0 Å². The van der Waals surface area contributed by atoms with E-state index in [9.17, 15) is 19.2 Å². The van der Waals surface area contributed by atoms with Gasteiger partial charge in [0.15, 0.2) is 0 Å². The number of H-pyrrole nitrogens is 1. The quantitative estimate of drug-likeness (QED) is 0.220. The second-order valence-corrected chi connectivity index (χ2v) is 5.20. The highest BCUT2D eigenvalue weighted by molar-refractivity contribution is 5.93. The Labute approximate surface area is 142 Å². The van der Waals surface area contributed by atoms with E-state index in [-0.39, 0.29) is 6.42 Å². The number of hydrogen-bond donors (Lipinski definition) is 7. The number of primary amides is 1. The van der Waals surface area contributed by atoms with Gasteiger partial charge in [-0.15, -0.1) is 0 Å². The fourth-order valence-electron chi connectivity index (χ4n) is 1.86. The molecule has 0 bridgehead atoms. The molecule has 3 amide bonds. The van der Waals surface area contributed by atoms with Crippen LogP contribution in [0.1, 0.15) is 12.1 Å². The summed E-state index contributed by atoms with van der Waals surface area (Å²) in [6, 6.07) is -4.00. The van der Waals surface area contributed by atoms with E-state index in [2.05, 4.69) is 20.6 Å². The van der Waals surface area contributed by atoms with Gasteiger partial charge in [0, 0.05) is 18.3 Å². The summed E-state index contributed by atoms with van der Waals surface area (Å²) in [4.78, 5) is 52.7. The molecule has 0 saturated carbocycles. The third-order valence-corrected chi connectivity index (χ3v) is 3.17. The Bertz CT molecular complexity index is 619. The number of aliphatic carboxylic acids is 1. The number of nitrogens with one attached hydrogen (secondary N) is 3. The Morgan fingerprint density at radius 3 is 2.32 bits per heavy atom. The van der Waals surface area contributed by atoms with Crippen molar-refractivity contribution in [3.63, 3.8) is 0 Å². The molecule has 0 fully saturated rings. The summed E-state index contributed by atoms with van der Waals surface area (Å²) >= 11 is 0. The Balaban J connectivity index is 2.88. The highest BCUT2D eigenvalue weighted by atomic mass is 16.4. The Morgan fingerprint density at radius 2 is 1.84 bits per heavy atom. The third-order valence-electron chi connectivity index (χ3n) is 3.17. The average Bonchev–Trinajstić information content (AvgIpc) is 3.05. The van der Waals surface area contributed by atoms with Crippen molar-refractivity contribution >= 4 is 23.7 Å². The van der Waals surface area contributed by atoms with Crippen LogP contribution in [-0.2, 0) is 25.6 Å². The summed E-state index contributed by atoms with van der Waals surface area (Å²) in [7, 11) is 0. The number of aliphatic hydroxyl groups is 1. The summed E-state index contributed by atoms with van der Waals surface area (Å²) < 4.78 is 0. The van der Waals surface area contributed by atoms with Crippen LogP contribution < -0.4 is 22.1 Å². The largest absolute Gasteiger partial charge is 0.480 e. The summed E-state index contributed by atoms with van der Waals surface area (Å²) in [5, 5.41) is 22.4. The van der Waals surface area contributed by atoms with E-state index in [1.165, 1.54) is 12.5 Å². The number of carbonyl (C=O) groups is 4. The van der Waals surface area contributed by atoms with Crippen molar-refractivity contribution in [2.45, 2.75) is 31.0 Å². The fourth-order valence-corrected chi connectivity index (χ4v) is 1.86. The molecule has 0 aliphatic heterocycles. The minimum absolute atomic E-state index is 0.0430. The first-order valence-electron chi connectivity index (χ1n) is 7.20. The smallest absolute Gasteiger partial charge is 0.326 e. The predicted molar refractivity (Wildman–Crippen MR) is 82.7 cm³/mol. The second-order valence-electron chi connectivity index (χ2n) is 5.20. The van der Waals surface area contributed by atoms with Crippen molar-refractivity contribution in [1.29, 1.82) is 0 Å². The number of carboxylic acid groups (broad SMARTS) is 1. The number of nitrogens with two attached hydrogens (primary N) is 2. The van der Waals surface area contributed by atoms with Gasteiger partial charge in [-0.25, -0.2) is 9.78 Å². The number of carboxylic acids is 1. The monoisotopic (exact) mass is 356 g/mol. The number of aliphatic hydroxyl groups excluding tert-OH is 1. The van der Waals surface area contributed by atoms with Gasteiger partial charge < -0.3 is 37.3 Å². The maximum absolute atomic E-state index is 12.3. The number of amides is 3. The molecule has 0 saturated heterocycles. The second kappa shape index (κ2) is 9.34. The zero-order valence-corrected chi connectivity index (χ0v) is 13.1. The molecule has 3 atom stereocenters. The molecular weight excluding hydrogens is 336 g/mol. The molecule has 138 valence electrons. The maximum atomic E-state index is 12.3. The van der Waals surface area contributed by atoms with Crippen molar-refractivity contribution in [2.24, 2.45) is 11.5 Å². The van der Waals surface area contributed by atoms with Gasteiger partial charge in [0.25, 0.3) is 0 Å². The number of carbonyl (C=O) groups excluding carboxylic acids is 3. The van der Waals surface area contributed by atoms with Crippen LogP contribution in [0.15, 0.2) is 12.5 Å². The van der Waals surface area contributed by atoms with Crippen LogP contribution in [-0.4, -0.2) is 68.6 Å². The molecule has 1 aromatic heterocycles. The zero-order valence-electron chi connectivity index (χ0n) is 13.1. The van der Waals surface area contributed by atoms with Crippen molar-refractivity contribution in [2.75, 3.05) is 6.61 Å². The van der Waals surface area contributed by atoms with Gasteiger partial charge in [-0.3, -0.25) is 14.4 Å². The standard InChI is InChI=1S/C13H20N6O6/c14-7(4-20)11(22)18-8(1-6-3-16-5-17-6)12(23)19-9(13(24)25)2-10(15)21/h3,5,7-9,20H,1-2,4,14H2,(H2,15,21)(H,16,17)(H,18,22)(H,19,23)(H,24,25)/t7-,8-,9-/m0/s1. The number of rotatable bonds is 10. The molecule has 25 heavy (non-hydrogen) atoms. The minimum Gasteiger partial charge on any atom is -0.480 e. The number of imidazole rings is 1. The van der Waals surface area contributed by atoms with Crippen LogP contribution >= 0.6 is 0 Å². The molecular formula is C13H20N6O6. The van der Waals surface area contributed by atoms with E-state index in [4.69, 9.17) is 21.7 Å². The normalized spacial score (nSPS) is 14.2. The molecule has 12 heteroatoms. The zero-order chi connectivity index (χ0) is 19.0. The average molecular weight is 356 g/mol. The lowest BCUT2D eigenvalue weighted by atomic mass is 10.1. The number of hydrogen-bond acceptors (Lipinski definition) is 7. The Hall–Kier alpha value is -2.99. The van der Waals surface area contributed by atoms with Crippen molar-refractivity contribution in [3.05, 3.63) is 18.2 Å². The van der Waals surface area contributed by atoms with E-state index in [1.54, 1.807) is 0 Å². The summed E-state index contributed by atoms with van der Waals surface area (Å²) in [5.41, 5.74) is 10.8. The van der Waals surface area contributed by atoms with Crippen LogP contribution in [0.4, 0.5) is 0 Å². The first-order chi connectivity index (χ1) is 11.7. The molecule has 0 spiro atoms. The molecule has 9 N–H and O–H groups in total. The first kappa shape index (κ1) is 20.1. The number of aromatic nitrogens is 2. The van der Waals surface area contributed by atoms with Crippen LogP contribution in [0.5, 0.6) is 0 Å². The highest BCUT2D eigenvalue weighted by Crippen LogP contribution is 2.02. The van der Waals surface area contributed by atoms with Gasteiger partial charge in [0.1, 0.15) is 18.1 Å². The van der Waals surface area contributed by atoms with E-state index in [0.717, 1.165) is 0 Å². The summed E-state index contributed by atoms with van der Waals surface area (Å²) in [6.45, 7) is -0.635. The molecule has 0 aliphatic rings. The lowest BCUT2D eigenvalue weighted by Crippen LogP contribution is -2.56. The predicted octanol–water partition coefficient (Wildman–Crippen LogP) is -3.80. The van der Waals surface area contributed by atoms with Crippen molar-refractivity contribution < 1.29 is 29.4 Å². The summed E-state index contributed by atoms with van der Waals surface area (Å²) in [5.74, 6) is -4.03. The van der Waals surface area contributed by atoms with Gasteiger partial charge in [0.2, 0.25) is 17.7 Å². The molecule has 0 aliphatic carbocycles. The SMILES string of the molecule is NC(=O)C[C@H](NC(=O)[C@H](Cc1cnc[nH]1)NC(=O)[C@@H](N)CO)C(=O)O. The van der Waals surface area contributed by atoms with E-state index in [1.807, 2.05) is 0 Å². The Kier molecular flexibility index (Phi) is 7.49. The van der Waals surface area contributed by atoms with Gasteiger partial charge in [0.05, 0.1) is 19.4 Å². The molecule has 12 nitrogen and oxygen atoms in total. The van der Waals surface area contributed by atoms with Crippen molar-refractivity contribution in [3.8, 4) is 0 Å². The lowest BCUT2D eigenvalue weighted by Gasteiger charge is -2.21. The van der Waals surface area contributed by atoms with E-state index < -0.39 is 54.8 Å². The lowest BCUT2D eigenvalue weighted by molar-refractivity contribution is -0.143. The maximum Gasteiger partial charge on any atom is 0.326 e. The topological polar surface area (TPSA) is 214 Å². The Morgan fingerprint density at radius 1 is 1.20 bits per heavy atom. The molecule has 0 unspecified atom stereocenters. The fraction of sp³-hybridized carbons (Fsp3) is 0.462. The summed E-state index contributed by atoms with van der Waals surface area (Å²) in [6.07, 6.45) is 2.12. The first-order valence-corrected chi connectivity index (χ1v) is 7.20. The van der Waals surface area contributed by atoms with Gasteiger partial charge in [-0.1, -0.05) is 0 Å². The molecule has 1 rings (SSSR count). The number of nitrogens with zero attached hydrogens (tertiary/aromatic N) is 1. The molecule has 0 radical (unpaired) electrons. The molecule has 0 aromatic carbocycles. The van der Waals surface area contributed by atoms with E-state index in [0.29, 0.717) is 5.69 Å². The minimum atomic E-state index is -1.54. The highest BCUT2D eigenvalue weighted by Gasteiger charge is 2.29. The van der Waals surface area contributed by atoms with Crippen LogP contribution in [0, 0.1) is 0 Å². The molecule has 1 heterocycles. The van der Waals surface area contributed by atoms with Gasteiger partial charge in [-0.05, 0) is 0 Å². The van der Waals surface area contributed by atoms with E-state index >= 15 is 0 Å². The van der Waals surface area contributed by atoms with Crippen molar-refractivity contribution in [1.82, 2.24) is 20.6 Å².